The average Bonchev–Trinajstić information content (AvgIpc) is 3.06. The fraction of sp³-hybridized carbons (Fsp3) is 0.654. The Morgan fingerprint density at radius 1 is 1.00 bits per heavy atom. The predicted molar refractivity (Wildman–Crippen MR) is 142 cm³/mol. The molecule has 1 aliphatic rings. The first-order chi connectivity index (χ1) is 15.0. The van der Waals surface area contributed by atoms with Gasteiger partial charge in [0.2, 0.25) is 0 Å². The Morgan fingerprint density at radius 3 is 2.21 bits per heavy atom. The first-order valence-corrected chi connectivity index (χ1v) is 17.9. The first-order valence-electron chi connectivity index (χ1n) is 12.1. The van der Waals surface area contributed by atoms with Crippen LogP contribution in [0.25, 0.3) is 10.9 Å². The van der Waals surface area contributed by atoms with Crippen LogP contribution in [0.2, 0.25) is 36.3 Å². The number of nitrogens with one attached hydrogen (secondary N) is 1. The maximum Gasteiger partial charge on any atom is 0.254 e. The SMILES string of the molecule is CC(C)(C)[Si](C)(C)OC[C@H]1O[C@@H](c2cc3ccccc3[nH]c2=O)C[C@@H]1O[Si](C)(C)C(C)(C)C. The number of hydrogen-bond donors (Lipinski definition) is 1. The van der Waals surface area contributed by atoms with E-state index in [2.05, 4.69) is 72.7 Å². The summed E-state index contributed by atoms with van der Waals surface area (Å²) in [5.74, 6) is 0. The van der Waals surface area contributed by atoms with Crippen LogP contribution in [0.4, 0.5) is 0 Å². The molecule has 184 valence electrons. The van der Waals surface area contributed by atoms with Gasteiger partial charge in [0, 0.05) is 17.5 Å². The molecule has 2 aromatic rings. The number of aromatic nitrogens is 1. The Labute approximate surface area is 201 Å². The van der Waals surface area contributed by atoms with Gasteiger partial charge < -0.3 is 18.6 Å². The molecule has 0 radical (unpaired) electrons. The number of hydrogen-bond acceptors (Lipinski definition) is 4. The molecule has 1 aromatic carbocycles. The number of para-hydroxylation sites is 1. The van der Waals surface area contributed by atoms with E-state index < -0.39 is 16.6 Å². The van der Waals surface area contributed by atoms with Crippen LogP contribution in [-0.4, -0.2) is 40.4 Å². The highest BCUT2D eigenvalue weighted by atomic mass is 28.4. The minimum Gasteiger partial charge on any atom is -0.414 e. The molecule has 1 fully saturated rings. The normalized spacial score (nSPS) is 22.8. The van der Waals surface area contributed by atoms with Crippen LogP contribution in [0.1, 0.15) is 59.6 Å². The van der Waals surface area contributed by atoms with Crippen molar-refractivity contribution >= 4 is 27.5 Å². The third-order valence-electron chi connectivity index (χ3n) is 8.00. The van der Waals surface area contributed by atoms with Gasteiger partial charge in [-0.25, -0.2) is 0 Å². The van der Waals surface area contributed by atoms with Crippen molar-refractivity contribution in [2.75, 3.05) is 6.61 Å². The Kier molecular flexibility index (Phi) is 7.25. The van der Waals surface area contributed by atoms with Crippen molar-refractivity contribution in [2.24, 2.45) is 0 Å². The molecule has 0 unspecified atom stereocenters. The molecule has 0 amide bonds. The van der Waals surface area contributed by atoms with Crippen molar-refractivity contribution < 1.29 is 13.6 Å². The van der Waals surface area contributed by atoms with Crippen LogP contribution in [0, 0.1) is 0 Å². The molecule has 1 aromatic heterocycles. The summed E-state index contributed by atoms with van der Waals surface area (Å²) in [7, 11) is -3.96. The van der Waals surface area contributed by atoms with Gasteiger partial charge in [-0.2, -0.15) is 0 Å². The molecule has 2 heterocycles. The Hall–Kier alpha value is -1.26. The molecule has 0 bridgehead atoms. The summed E-state index contributed by atoms with van der Waals surface area (Å²) in [6, 6.07) is 9.83. The molecule has 1 aliphatic heterocycles. The number of fused-ring (bicyclic) bond motifs is 1. The molecule has 3 atom stereocenters. The van der Waals surface area contributed by atoms with Crippen LogP contribution < -0.4 is 5.56 Å². The molecule has 1 N–H and O–H groups in total. The zero-order valence-electron chi connectivity index (χ0n) is 22.2. The topological polar surface area (TPSA) is 60.5 Å². The van der Waals surface area contributed by atoms with E-state index in [-0.39, 0.29) is 33.9 Å². The molecule has 0 saturated carbocycles. The Balaban J connectivity index is 1.89. The molecule has 3 rings (SSSR count). The smallest absolute Gasteiger partial charge is 0.254 e. The van der Waals surface area contributed by atoms with Crippen LogP contribution in [0.15, 0.2) is 35.1 Å². The average molecular weight is 490 g/mol. The summed E-state index contributed by atoms with van der Waals surface area (Å²) >= 11 is 0. The van der Waals surface area contributed by atoms with E-state index >= 15 is 0 Å². The van der Waals surface area contributed by atoms with Crippen LogP contribution in [0.5, 0.6) is 0 Å². The van der Waals surface area contributed by atoms with Gasteiger partial charge >= 0.3 is 0 Å². The largest absolute Gasteiger partial charge is 0.414 e. The number of H-pyrrole nitrogens is 1. The second kappa shape index (κ2) is 9.08. The number of aromatic amines is 1. The van der Waals surface area contributed by atoms with Crippen LogP contribution >= 0.6 is 0 Å². The standard InChI is InChI=1S/C26H43NO4Si2/c1-25(2,3)32(7,8)29-17-23-22(31-33(9,10)26(4,5)6)16-21(30-23)19-15-18-13-11-12-14-20(18)27-24(19)28/h11-15,21-23H,16-17H2,1-10H3,(H,27,28)/t21-,22+,23-/m1/s1. The summed E-state index contributed by atoms with van der Waals surface area (Å²) in [5, 5.41) is 1.23. The summed E-state index contributed by atoms with van der Waals surface area (Å²) in [6.07, 6.45) is 0.0798. The molecule has 0 spiro atoms. The van der Waals surface area contributed by atoms with Gasteiger partial charge in [-0.05, 0) is 53.8 Å². The fourth-order valence-electron chi connectivity index (χ4n) is 3.65. The molecular weight excluding hydrogens is 446 g/mol. The van der Waals surface area contributed by atoms with E-state index in [0.717, 1.165) is 10.9 Å². The lowest BCUT2D eigenvalue weighted by molar-refractivity contribution is -0.0167. The summed E-state index contributed by atoms with van der Waals surface area (Å²) < 4.78 is 19.9. The fourth-order valence-corrected chi connectivity index (χ4v) is 6.03. The van der Waals surface area contributed by atoms with Crippen molar-refractivity contribution in [3.8, 4) is 0 Å². The predicted octanol–water partition coefficient (Wildman–Crippen LogP) is 6.77. The van der Waals surface area contributed by atoms with Crippen LogP contribution in [-0.2, 0) is 13.6 Å². The minimum atomic E-state index is -2.02. The van der Waals surface area contributed by atoms with Gasteiger partial charge in [0.1, 0.15) is 6.10 Å². The monoisotopic (exact) mass is 489 g/mol. The molecule has 1 saturated heterocycles. The third kappa shape index (κ3) is 5.70. The van der Waals surface area contributed by atoms with Gasteiger partial charge in [-0.1, -0.05) is 59.7 Å². The molecule has 0 aliphatic carbocycles. The quantitative estimate of drug-likeness (QED) is 0.455. The Bertz CT molecular complexity index is 1030. The maximum atomic E-state index is 12.9. The molecule has 7 heteroatoms. The highest BCUT2D eigenvalue weighted by Crippen LogP contribution is 2.43. The molecule has 33 heavy (non-hydrogen) atoms. The number of rotatable bonds is 6. The third-order valence-corrected chi connectivity index (χ3v) is 17.0. The zero-order chi connectivity index (χ0) is 24.8. The van der Waals surface area contributed by atoms with Crippen molar-refractivity contribution in [1.82, 2.24) is 4.98 Å². The number of pyridine rings is 1. The summed E-state index contributed by atoms with van der Waals surface area (Å²) in [4.78, 5) is 16.0. The van der Waals surface area contributed by atoms with E-state index in [9.17, 15) is 4.79 Å². The highest BCUT2D eigenvalue weighted by Gasteiger charge is 2.46. The van der Waals surface area contributed by atoms with E-state index in [1.165, 1.54) is 0 Å². The molecular formula is C26H43NO4Si2. The van der Waals surface area contributed by atoms with E-state index in [1.807, 2.05) is 30.3 Å². The van der Waals surface area contributed by atoms with Crippen molar-refractivity contribution in [2.45, 2.75) is 103 Å². The van der Waals surface area contributed by atoms with Crippen LogP contribution in [0.3, 0.4) is 0 Å². The van der Waals surface area contributed by atoms with Crippen molar-refractivity contribution in [1.29, 1.82) is 0 Å². The van der Waals surface area contributed by atoms with Gasteiger partial charge in [0.15, 0.2) is 16.6 Å². The summed E-state index contributed by atoms with van der Waals surface area (Å²) in [6.45, 7) is 23.1. The lowest BCUT2D eigenvalue weighted by Crippen LogP contribution is -2.48. The van der Waals surface area contributed by atoms with E-state index in [1.54, 1.807) is 0 Å². The first kappa shape index (κ1) is 26.4. The zero-order valence-corrected chi connectivity index (χ0v) is 24.2. The Morgan fingerprint density at radius 2 is 1.61 bits per heavy atom. The summed E-state index contributed by atoms with van der Waals surface area (Å²) in [5.41, 5.74) is 1.43. The van der Waals surface area contributed by atoms with Crippen molar-refractivity contribution in [3.63, 3.8) is 0 Å². The minimum absolute atomic E-state index is 0.0873. The highest BCUT2D eigenvalue weighted by molar-refractivity contribution is 6.74. The van der Waals surface area contributed by atoms with Gasteiger partial charge in [0.25, 0.3) is 5.56 Å². The lowest BCUT2D eigenvalue weighted by atomic mass is 10.0. The lowest BCUT2D eigenvalue weighted by Gasteiger charge is -2.40. The van der Waals surface area contributed by atoms with E-state index in [4.69, 9.17) is 13.6 Å². The second-order valence-corrected chi connectivity index (χ2v) is 22.1. The van der Waals surface area contributed by atoms with E-state index in [0.29, 0.717) is 18.6 Å². The van der Waals surface area contributed by atoms with Crippen molar-refractivity contribution in [3.05, 3.63) is 46.2 Å². The van der Waals surface area contributed by atoms with Gasteiger partial charge in [-0.3, -0.25) is 4.79 Å². The maximum absolute atomic E-state index is 12.9. The molecule has 5 nitrogen and oxygen atoms in total. The number of ether oxygens (including phenoxy) is 1. The van der Waals surface area contributed by atoms with Gasteiger partial charge in [-0.15, -0.1) is 0 Å². The van der Waals surface area contributed by atoms with Gasteiger partial charge in [0.05, 0.1) is 18.8 Å². The number of benzene rings is 1. The second-order valence-electron chi connectivity index (χ2n) is 12.5.